The molecule has 1 aromatic carbocycles. The Bertz CT molecular complexity index is 2840. The molecule has 4 aliphatic carbocycles. The molecule has 2 aromatic heterocycles. The summed E-state index contributed by atoms with van der Waals surface area (Å²) < 4.78 is 13.3. The van der Waals surface area contributed by atoms with E-state index in [4.69, 9.17) is 25.2 Å². The van der Waals surface area contributed by atoms with Crippen LogP contribution in [0.3, 0.4) is 0 Å². The van der Waals surface area contributed by atoms with Crippen molar-refractivity contribution in [1.82, 2.24) is 31.2 Å². The van der Waals surface area contributed by atoms with Gasteiger partial charge in [-0.1, -0.05) is 93.7 Å². The Balaban J connectivity index is 1.01. The zero-order chi connectivity index (χ0) is 52.2. The third-order valence-corrected chi connectivity index (χ3v) is 19.4. The Hall–Kier alpha value is -5.70. The monoisotopic (exact) mass is 1020 g/mol. The van der Waals surface area contributed by atoms with Gasteiger partial charge in [-0.15, -0.1) is 0 Å². The summed E-state index contributed by atoms with van der Waals surface area (Å²) in [4.78, 5) is 61.3. The van der Waals surface area contributed by atoms with E-state index in [1.807, 2.05) is 50.8 Å². The number of nitrogens with one attached hydrogen (secondary N) is 5. The summed E-state index contributed by atoms with van der Waals surface area (Å²) in [7, 11) is 3.80. The van der Waals surface area contributed by atoms with Gasteiger partial charge in [-0.2, -0.15) is 0 Å². The number of carbonyl (C=O) groups is 3. The van der Waals surface area contributed by atoms with Gasteiger partial charge in [0, 0.05) is 66.5 Å². The highest BCUT2D eigenvalue weighted by atomic mass is 16.7. The lowest BCUT2D eigenvalue weighted by molar-refractivity contribution is -0.150. The number of aromatic nitrogens is 2. The van der Waals surface area contributed by atoms with Crippen LogP contribution in [0.2, 0.25) is 0 Å². The number of guanidine groups is 1. The number of esters is 1. The fourth-order valence-electron chi connectivity index (χ4n) is 15.5. The molecule has 0 radical (unpaired) electrons. The van der Waals surface area contributed by atoms with Crippen LogP contribution in [0, 0.1) is 28.6 Å². The summed E-state index contributed by atoms with van der Waals surface area (Å²) >= 11 is 0. The van der Waals surface area contributed by atoms with Crippen molar-refractivity contribution in [3.05, 3.63) is 118 Å². The number of nitrogens with zero attached hydrogens (tertiary/aromatic N) is 3. The van der Waals surface area contributed by atoms with Gasteiger partial charge < -0.3 is 41.8 Å². The smallest absolute Gasteiger partial charge is 0.350 e. The number of nitrogen functional groups attached to an aromatic ring is 1. The molecule has 11 rings (SSSR count). The molecule has 6 heterocycles. The number of Topliss-reactive ketones (excluding diaryl/α,β-unsaturated/α-hetero) is 2. The fraction of sp³-hybridized carbons (Fsp3) is 0.574. The molecule has 3 fully saturated rings. The number of epoxide rings is 1. The number of nitrogens with two attached hydrogens (primary N) is 1. The van der Waals surface area contributed by atoms with Gasteiger partial charge in [0.05, 0.1) is 18.3 Å². The molecule has 8 aliphatic rings. The van der Waals surface area contributed by atoms with Gasteiger partial charge in [-0.05, 0) is 149 Å². The Labute approximate surface area is 443 Å². The molecule has 7 N–H and O–H groups in total. The maximum Gasteiger partial charge on any atom is 0.350 e. The van der Waals surface area contributed by atoms with E-state index in [-0.39, 0.29) is 47.9 Å². The minimum absolute atomic E-state index is 0.0143. The molecule has 0 amide bonds. The number of carbonyl (C=O) groups excluding carboxylic acids is 3. The molecule has 9 atom stereocenters. The van der Waals surface area contributed by atoms with E-state index in [2.05, 4.69) is 82.7 Å². The van der Waals surface area contributed by atoms with Gasteiger partial charge in [0.25, 0.3) is 5.60 Å². The molecule has 4 aliphatic heterocycles. The van der Waals surface area contributed by atoms with Crippen molar-refractivity contribution in [1.29, 1.82) is 0 Å². The van der Waals surface area contributed by atoms with Crippen molar-refractivity contribution in [3.8, 4) is 0 Å². The van der Waals surface area contributed by atoms with Crippen LogP contribution in [-0.2, 0) is 39.1 Å². The van der Waals surface area contributed by atoms with E-state index in [9.17, 15) is 0 Å². The van der Waals surface area contributed by atoms with Crippen molar-refractivity contribution in [2.24, 2.45) is 33.6 Å². The predicted octanol–water partition coefficient (Wildman–Crippen LogP) is 8.63. The summed E-state index contributed by atoms with van der Waals surface area (Å²) in [5, 5.41) is 18.4. The van der Waals surface area contributed by atoms with Crippen LogP contribution in [0.15, 0.2) is 89.2 Å². The van der Waals surface area contributed by atoms with E-state index in [0.29, 0.717) is 36.1 Å². The Morgan fingerprint density at radius 3 is 2.61 bits per heavy atom. The lowest BCUT2D eigenvalue weighted by atomic mass is 9.58. The summed E-state index contributed by atoms with van der Waals surface area (Å²) in [6.45, 7) is 8.23. The third kappa shape index (κ3) is 8.74. The van der Waals surface area contributed by atoms with Gasteiger partial charge in [0.2, 0.25) is 5.78 Å². The second kappa shape index (κ2) is 20.3. The number of allylic oxidation sites excluding steroid dienone is 3. The molecular weight excluding hydrogens is 939 g/mol. The van der Waals surface area contributed by atoms with E-state index in [1.54, 1.807) is 6.07 Å². The molecule has 14 nitrogen and oxygen atoms in total. The average Bonchev–Trinajstić information content (AvgIpc) is 4.13. The highest BCUT2D eigenvalue weighted by Crippen LogP contribution is 2.62. The number of likely N-dealkylation sites (N-methyl/N-ethyl adjacent to an activating group) is 1. The van der Waals surface area contributed by atoms with E-state index in [1.165, 1.54) is 16.7 Å². The van der Waals surface area contributed by atoms with E-state index < -0.39 is 33.9 Å². The first-order chi connectivity index (χ1) is 36.3. The topological polar surface area (TPSA) is 197 Å². The summed E-state index contributed by atoms with van der Waals surface area (Å²) in [5.41, 5.74) is 8.09. The number of anilines is 2. The molecule has 9 unspecified atom stereocenters. The maximum atomic E-state index is 15.9. The number of rotatable bonds is 10. The van der Waals surface area contributed by atoms with Crippen molar-refractivity contribution >= 4 is 35.1 Å². The molecule has 14 heteroatoms. The lowest BCUT2D eigenvalue weighted by Gasteiger charge is -2.52. The number of fused-ring (bicyclic) bond motifs is 2. The molecule has 1 saturated carbocycles. The van der Waals surface area contributed by atoms with Gasteiger partial charge in [-0.25, -0.2) is 14.8 Å². The first-order valence-corrected chi connectivity index (χ1v) is 28.3. The normalized spacial score (nSPS) is 33.9. The summed E-state index contributed by atoms with van der Waals surface area (Å²) in [6, 6.07) is 11.7. The highest BCUT2D eigenvalue weighted by molar-refractivity contribution is 6.33. The number of ether oxygens (including phenoxy) is 2. The quantitative estimate of drug-likeness (QED) is 0.0489. The first kappa shape index (κ1) is 51.4. The molecule has 4 bridgehead atoms. The van der Waals surface area contributed by atoms with Crippen LogP contribution in [0.4, 0.5) is 11.6 Å². The minimum atomic E-state index is -2.14. The van der Waals surface area contributed by atoms with Crippen molar-refractivity contribution in [3.63, 3.8) is 0 Å². The van der Waals surface area contributed by atoms with Crippen LogP contribution in [0.1, 0.15) is 154 Å². The molecule has 3 aromatic rings. The fourth-order valence-corrected chi connectivity index (χ4v) is 15.5. The number of benzene rings is 1. The number of aliphatic imine (C=N–C) groups is 1. The van der Waals surface area contributed by atoms with Gasteiger partial charge in [0.1, 0.15) is 11.6 Å². The van der Waals surface area contributed by atoms with Gasteiger partial charge >= 0.3 is 5.97 Å². The SMILES string of the molecule is CCNC1C=C2C=CCC3CCCCC(C)(Cc4ccc(N)nc4)Cc4cccc5c4C(=O)C4(OC4(CC=C(C)C4(C6(c7ccnc8c7CCC(NC)N8)CCCNC(=NC)N6)CCCC4)C5=O)C(=O)OCC1CC23. The molecule has 398 valence electrons. The average molecular weight is 1020 g/mol. The van der Waals surface area contributed by atoms with E-state index >= 15 is 14.4 Å². The maximum absolute atomic E-state index is 15.9. The largest absolute Gasteiger partial charge is 0.463 e. The summed E-state index contributed by atoms with van der Waals surface area (Å²) in [5.74, 6) is 1.33. The second-order valence-corrected chi connectivity index (χ2v) is 23.7. The molecule has 75 heavy (non-hydrogen) atoms. The third-order valence-electron chi connectivity index (χ3n) is 19.4. The molecular formula is C61H79N9O5. The Morgan fingerprint density at radius 1 is 0.987 bits per heavy atom. The highest BCUT2D eigenvalue weighted by Gasteiger charge is 2.85. The number of cyclic esters (lactones) is 1. The molecule has 1 spiro atoms. The van der Waals surface area contributed by atoms with Crippen molar-refractivity contribution in [2.75, 3.05) is 44.8 Å². The zero-order valence-corrected chi connectivity index (χ0v) is 44.9. The lowest BCUT2D eigenvalue weighted by Crippen LogP contribution is -2.59. The summed E-state index contributed by atoms with van der Waals surface area (Å²) in [6.07, 6.45) is 27.6. The van der Waals surface area contributed by atoms with E-state index in [0.717, 1.165) is 131 Å². The first-order valence-electron chi connectivity index (χ1n) is 28.3. The van der Waals surface area contributed by atoms with Crippen LogP contribution >= 0.6 is 0 Å². The number of pyridine rings is 2. The number of hydrogen-bond donors (Lipinski definition) is 6. The minimum Gasteiger partial charge on any atom is -0.463 e. The predicted molar refractivity (Wildman–Crippen MR) is 293 cm³/mol. The van der Waals surface area contributed by atoms with Crippen LogP contribution in [0.25, 0.3) is 0 Å². The van der Waals surface area contributed by atoms with Crippen LogP contribution < -0.4 is 32.3 Å². The Morgan fingerprint density at radius 2 is 1.83 bits per heavy atom. The van der Waals surface area contributed by atoms with Crippen LogP contribution in [-0.4, -0.2) is 90.7 Å². The van der Waals surface area contributed by atoms with Crippen molar-refractivity contribution < 1.29 is 23.9 Å². The van der Waals surface area contributed by atoms with Crippen LogP contribution in [0.5, 0.6) is 0 Å². The number of ketones is 2. The Kier molecular flexibility index (Phi) is 13.9. The zero-order valence-electron chi connectivity index (χ0n) is 44.9. The van der Waals surface area contributed by atoms with Crippen molar-refractivity contribution in [2.45, 2.75) is 159 Å². The number of hydrogen-bond acceptors (Lipinski definition) is 12. The van der Waals surface area contributed by atoms with Gasteiger partial charge in [-0.3, -0.25) is 14.6 Å². The van der Waals surface area contributed by atoms with Gasteiger partial charge in [0.15, 0.2) is 17.3 Å². The standard InChI is InChI=1S/C61H79N9O5/c1-6-65-48-33-41-16-11-15-40-14-7-8-25-57(3,34-39-19-21-49(62)68-36-39)35-42-17-12-18-45-51(42)53(72)61(55(73)74-37-43(48)32-46(40)41)60(75-61,52(45)71)29-23-38(2)58(26-9-10-27-58)59(28-13-30-67-56(64-5)70-59)47-24-31-66-54-44(47)20-22-50(63-4)69-54/h11-12,16-19,21,23-24,31,33,36,40,43,46,48,50,63,65H,6-10,13-15,20,22,25-30,32,34-35,37H2,1-5H3,(H2,62,68)(H,66,69)(H2,64,67,70). The molecule has 2 saturated heterocycles. The second-order valence-electron chi connectivity index (χ2n) is 23.7.